The standard InChI is InChI=1S/C20H26N2/c1-22(2)18-12-9-16(10-13-18)6-5-15-21-20-14-11-17-7-3-4-8-19(17)20/h3-4,7-10,12-13,20-21H,5-6,11,14-15H2,1-2H3. The third kappa shape index (κ3) is 3.50. The molecular formula is C20H26N2. The van der Waals surface area contributed by atoms with Crippen LogP contribution < -0.4 is 10.2 Å². The number of hydrogen-bond donors (Lipinski definition) is 1. The molecule has 116 valence electrons. The van der Waals surface area contributed by atoms with Crippen LogP contribution in [-0.4, -0.2) is 20.6 Å². The van der Waals surface area contributed by atoms with E-state index in [9.17, 15) is 0 Å². The number of fused-ring (bicyclic) bond motifs is 1. The highest BCUT2D eigenvalue weighted by Crippen LogP contribution is 2.30. The van der Waals surface area contributed by atoms with Crippen LogP contribution in [0.5, 0.6) is 0 Å². The minimum Gasteiger partial charge on any atom is -0.378 e. The Bertz CT molecular complexity index is 601. The summed E-state index contributed by atoms with van der Waals surface area (Å²) < 4.78 is 0. The normalized spacial score (nSPS) is 16.5. The lowest BCUT2D eigenvalue weighted by molar-refractivity contribution is 0.520. The lowest BCUT2D eigenvalue weighted by Gasteiger charge is -2.14. The lowest BCUT2D eigenvalue weighted by atomic mass is 10.1. The van der Waals surface area contributed by atoms with Crippen LogP contribution in [0.3, 0.4) is 0 Å². The second-order valence-electron chi connectivity index (χ2n) is 6.41. The molecule has 0 amide bonds. The topological polar surface area (TPSA) is 15.3 Å². The van der Waals surface area contributed by atoms with E-state index in [0.717, 1.165) is 13.0 Å². The molecule has 0 saturated carbocycles. The Kier molecular flexibility index (Phi) is 4.79. The Morgan fingerprint density at radius 1 is 1.05 bits per heavy atom. The van der Waals surface area contributed by atoms with Crippen LogP contribution in [0.1, 0.15) is 35.6 Å². The molecule has 2 aromatic rings. The van der Waals surface area contributed by atoms with Crippen molar-refractivity contribution in [2.45, 2.75) is 31.7 Å². The number of nitrogens with zero attached hydrogens (tertiary/aromatic N) is 1. The average Bonchev–Trinajstić information content (AvgIpc) is 2.95. The molecule has 2 heteroatoms. The third-order valence-corrected chi connectivity index (χ3v) is 4.62. The van der Waals surface area contributed by atoms with Crippen molar-refractivity contribution in [1.29, 1.82) is 0 Å². The zero-order valence-electron chi connectivity index (χ0n) is 13.7. The minimum atomic E-state index is 0.562. The van der Waals surface area contributed by atoms with Gasteiger partial charge in [-0.1, -0.05) is 36.4 Å². The molecule has 2 nitrogen and oxygen atoms in total. The van der Waals surface area contributed by atoms with Crippen LogP contribution in [-0.2, 0) is 12.8 Å². The Labute approximate surface area is 134 Å². The van der Waals surface area contributed by atoms with Crippen LogP contribution >= 0.6 is 0 Å². The molecule has 1 aliphatic carbocycles. The van der Waals surface area contributed by atoms with Gasteiger partial charge in [0, 0.05) is 25.8 Å². The summed E-state index contributed by atoms with van der Waals surface area (Å²) >= 11 is 0. The summed E-state index contributed by atoms with van der Waals surface area (Å²) in [6, 6.07) is 18.3. The Morgan fingerprint density at radius 2 is 1.82 bits per heavy atom. The fourth-order valence-corrected chi connectivity index (χ4v) is 3.30. The highest BCUT2D eigenvalue weighted by molar-refractivity contribution is 5.46. The van der Waals surface area contributed by atoms with E-state index in [1.54, 1.807) is 0 Å². The molecule has 2 aromatic carbocycles. The van der Waals surface area contributed by atoms with Gasteiger partial charge in [0.15, 0.2) is 0 Å². The number of hydrogen-bond acceptors (Lipinski definition) is 2. The largest absolute Gasteiger partial charge is 0.378 e. The fourth-order valence-electron chi connectivity index (χ4n) is 3.30. The first-order chi connectivity index (χ1) is 10.7. The number of aryl methyl sites for hydroxylation is 2. The summed E-state index contributed by atoms with van der Waals surface area (Å²) in [7, 11) is 4.16. The first kappa shape index (κ1) is 15.1. The molecular weight excluding hydrogens is 268 g/mol. The molecule has 22 heavy (non-hydrogen) atoms. The number of nitrogens with one attached hydrogen (secondary N) is 1. The van der Waals surface area contributed by atoms with Gasteiger partial charge < -0.3 is 10.2 Å². The van der Waals surface area contributed by atoms with E-state index in [0.29, 0.717) is 6.04 Å². The highest BCUT2D eigenvalue weighted by atomic mass is 15.1. The zero-order chi connectivity index (χ0) is 15.4. The lowest BCUT2D eigenvalue weighted by Crippen LogP contribution is -2.20. The highest BCUT2D eigenvalue weighted by Gasteiger charge is 2.20. The number of benzene rings is 2. The van der Waals surface area contributed by atoms with Gasteiger partial charge in [-0.15, -0.1) is 0 Å². The quantitative estimate of drug-likeness (QED) is 0.811. The van der Waals surface area contributed by atoms with Crippen molar-refractivity contribution in [1.82, 2.24) is 5.32 Å². The first-order valence-electron chi connectivity index (χ1n) is 8.31. The van der Waals surface area contributed by atoms with Gasteiger partial charge in [-0.3, -0.25) is 0 Å². The summed E-state index contributed by atoms with van der Waals surface area (Å²) in [6.07, 6.45) is 4.81. The maximum absolute atomic E-state index is 3.73. The second-order valence-corrected chi connectivity index (χ2v) is 6.41. The molecule has 1 aliphatic rings. The second kappa shape index (κ2) is 6.97. The molecule has 0 aromatic heterocycles. The van der Waals surface area contributed by atoms with Crippen molar-refractivity contribution < 1.29 is 0 Å². The summed E-state index contributed by atoms with van der Waals surface area (Å²) in [6.45, 7) is 1.09. The monoisotopic (exact) mass is 294 g/mol. The van der Waals surface area contributed by atoms with Crippen molar-refractivity contribution in [2.75, 3.05) is 25.5 Å². The van der Waals surface area contributed by atoms with E-state index in [1.165, 1.54) is 41.6 Å². The van der Waals surface area contributed by atoms with Crippen LogP contribution in [0.25, 0.3) is 0 Å². The third-order valence-electron chi connectivity index (χ3n) is 4.62. The van der Waals surface area contributed by atoms with Crippen LogP contribution in [0, 0.1) is 0 Å². The SMILES string of the molecule is CN(C)c1ccc(CCCNC2CCc3ccccc32)cc1. The van der Waals surface area contributed by atoms with Gasteiger partial charge in [-0.2, -0.15) is 0 Å². The summed E-state index contributed by atoms with van der Waals surface area (Å²) in [5.74, 6) is 0. The molecule has 3 rings (SSSR count). The average molecular weight is 294 g/mol. The predicted molar refractivity (Wildman–Crippen MR) is 94.6 cm³/mol. The molecule has 0 bridgehead atoms. The van der Waals surface area contributed by atoms with E-state index >= 15 is 0 Å². The summed E-state index contributed by atoms with van der Waals surface area (Å²) in [5.41, 5.74) is 5.74. The van der Waals surface area contributed by atoms with Gasteiger partial charge in [-0.05, 0) is 61.1 Å². The maximum atomic E-state index is 3.73. The van der Waals surface area contributed by atoms with E-state index in [-0.39, 0.29) is 0 Å². The predicted octanol–water partition coefficient (Wildman–Crippen LogP) is 3.96. The zero-order valence-corrected chi connectivity index (χ0v) is 13.7. The van der Waals surface area contributed by atoms with Crippen molar-refractivity contribution in [3.63, 3.8) is 0 Å². The van der Waals surface area contributed by atoms with E-state index in [4.69, 9.17) is 0 Å². The van der Waals surface area contributed by atoms with Gasteiger partial charge in [0.25, 0.3) is 0 Å². The van der Waals surface area contributed by atoms with Crippen molar-refractivity contribution in [2.24, 2.45) is 0 Å². The number of rotatable bonds is 6. The maximum Gasteiger partial charge on any atom is 0.0361 e. The van der Waals surface area contributed by atoms with Crippen molar-refractivity contribution >= 4 is 5.69 Å². The van der Waals surface area contributed by atoms with E-state index < -0.39 is 0 Å². The number of anilines is 1. The Morgan fingerprint density at radius 3 is 2.59 bits per heavy atom. The van der Waals surface area contributed by atoms with Gasteiger partial charge in [0.05, 0.1) is 0 Å². The van der Waals surface area contributed by atoms with E-state index in [1.807, 2.05) is 0 Å². The smallest absolute Gasteiger partial charge is 0.0361 e. The summed E-state index contributed by atoms with van der Waals surface area (Å²) in [4.78, 5) is 2.14. The first-order valence-corrected chi connectivity index (χ1v) is 8.31. The molecule has 1 atom stereocenters. The minimum absolute atomic E-state index is 0.562. The molecule has 0 heterocycles. The van der Waals surface area contributed by atoms with Crippen molar-refractivity contribution in [3.8, 4) is 0 Å². The fraction of sp³-hybridized carbons (Fsp3) is 0.400. The van der Waals surface area contributed by atoms with Gasteiger partial charge in [0.2, 0.25) is 0 Å². The van der Waals surface area contributed by atoms with Crippen LogP contribution in [0.4, 0.5) is 5.69 Å². The molecule has 0 fully saturated rings. The van der Waals surface area contributed by atoms with Gasteiger partial charge >= 0.3 is 0 Å². The molecule has 0 spiro atoms. The molecule has 1 N–H and O–H groups in total. The van der Waals surface area contributed by atoms with E-state index in [2.05, 4.69) is 72.8 Å². The molecule has 0 saturated heterocycles. The Balaban J connectivity index is 1.44. The molecule has 0 radical (unpaired) electrons. The van der Waals surface area contributed by atoms with Crippen LogP contribution in [0.2, 0.25) is 0 Å². The van der Waals surface area contributed by atoms with Crippen LogP contribution in [0.15, 0.2) is 48.5 Å². The molecule has 1 unspecified atom stereocenters. The van der Waals surface area contributed by atoms with Crippen molar-refractivity contribution in [3.05, 3.63) is 65.2 Å². The summed E-state index contributed by atoms with van der Waals surface area (Å²) in [5, 5.41) is 3.73. The van der Waals surface area contributed by atoms with Gasteiger partial charge in [-0.25, -0.2) is 0 Å². The van der Waals surface area contributed by atoms with Gasteiger partial charge in [0.1, 0.15) is 0 Å². The Hall–Kier alpha value is -1.80. The molecule has 0 aliphatic heterocycles.